The monoisotopic (exact) mass is 348 g/mol. The molecule has 0 rings (SSSR count). The summed E-state index contributed by atoms with van der Waals surface area (Å²) in [5.41, 5.74) is 0. The fraction of sp³-hybridized carbons (Fsp3) is 1.00. The van der Waals surface area contributed by atoms with Crippen molar-refractivity contribution in [2.24, 2.45) is 5.92 Å². The van der Waals surface area contributed by atoms with Gasteiger partial charge in [0, 0.05) is 0 Å². The molecule has 0 aromatic heterocycles. The fourth-order valence-corrected chi connectivity index (χ4v) is 21.5. The van der Waals surface area contributed by atoms with Crippen LogP contribution in [0.1, 0.15) is 73.1 Å². The molecule has 0 saturated carbocycles. The van der Waals surface area contributed by atoms with Gasteiger partial charge in [-0.05, 0) is 0 Å². The molecule has 0 spiro atoms. The normalized spacial score (nSPS) is 12.4. The summed E-state index contributed by atoms with van der Waals surface area (Å²) in [4.78, 5) is 0. The van der Waals surface area contributed by atoms with Gasteiger partial charge in [0.2, 0.25) is 0 Å². The third-order valence-corrected chi connectivity index (χ3v) is 20.9. The van der Waals surface area contributed by atoms with Gasteiger partial charge in [-0.25, -0.2) is 0 Å². The van der Waals surface area contributed by atoms with E-state index in [1.54, 1.807) is 17.7 Å². The van der Waals surface area contributed by atoms with Crippen LogP contribution in [-0.2, 0) is 0 Å². The van der Waals surface area contributed by atoms with E-state index >= 15 is 0 Å². The Kier molecular flexibility index (Phi) is 11.2. The maximum absolute atomic E-state index is 2.45. The minimum atomic E-state index is -1.74. The topological polar surface area (TPSA) is 0 Å². The summed E-state index contributed by atoms with van der Waals surface area (Å²) in [6.45, 7) is 12.0. The second-order valence-corrected chi connectivity index (χ2v) is 20.4. The quantitative estimate of drug-likeness (QED) is 0.375. The molecule has 0 atom stereocenters. The first-order valence-electron chi connectivity index (χ1n) is 8.10. The number of unbranched alkanes of at least 4 members (excludes halogenated alkanes) is 3. The van der Waals surface area contributed by atoms with Gasteiger partial charge in [-0.1, -0.05) is 0 Å². The zero-order valence-electron chi connectivity index (χ0n) is 13.1. The van der Waals surface area contributed by atoms with Crippen molar-refractivity contribution in [1.29, 1.82) is 0 Å². The SMILES string of the molecule is CCC[CH2][Sn]([CH2]CCC)([CH2]CCC)[CH2]C(C)C. The van der Waals surface area contributed by atoms with E-state index in [1.807, 2.05) is 0 Å². The zero-order valence-corrected chi connectivity index (χ0v) is 16.0. The molecular formula is C16H36Sn. The van der Waals surface area contributed by atoms with Crippen molar-refractivity contribution in [2.45, 2.75) is 90.9 Å². The van der Waals surface area contributed by atoms with Gasteiger partial charge in [0.1, 0.15) is 0 Å². The fourth-order valence-electron chi connectivity index (χ4n) is 3.20. The maximum atomic E-state index is 2.45. The van der Waals surface area contributed by atoms with Gasteiger partial charge in [-0.2, -0.15) is 0 Å². The molecule has 0 aliphatic carbocycles. The Bertz CT molecular complexity index is 141. The van der Waals surface area contributed by atoms with E-state index in [2.05, 4.69) is 34.6 Å². The molecule has 0 aliphatic heterocycles. The average molecular weight is 347 g/mol. The molecular weight excluding hydrogens is 311 g/mol. The molecule has 0 fully saturated rings. The third kappa shape index (κ3) is 8.50. The van der Waals surface area contributed by atoms with Crippen LogP contribution in [0.2, 0.25) is 17.7 Å². The molecule has 0 bridgehead atoms. The molecule has 0 aliphatic rings. The summed E-state index contributed by atoms with van der Waals surface area (Å²) in [6, 6.07) is 0. The first-order valence-corrected chi connectivity index (χ1v) is 16.2. The molecule has 17 heavy (non-hydrogen) atoms. The Morgan fingerprint density at radius 1 is 0.706 bits per heavy atom. The van der Waals surface area contributed by atoms with E-state index in [0.717, 1.165) is 5.92 Å². The van der Waals surface area contributed by atoms with Crippen molar-refractivity contribution in [3.63, 3.8) is 0 Å². The molecule has 0 amide bonds. The van der Waals surface area contributed by atoms with Crippen LogP contribution < -0.4 is 0 Å². The van der Waals surface area contributed by atoms with Crippen LogP contribution in [0.25, 0.3) is 0 Å². The molecule has 104 valence electrons. The van der Waals surface area contributed by atoms with E-state index in [4.69, 9.17) is 0 Å². The van der Waals surface area contributed by atoms with Crippen LogP contribution in [0, 0.1) is 5.92 Å². The predicted molar refractivity (Wildman–Crippen MR) is 84.5 cm³/mol. The van der Waals surface area contributed by atoms with Gasteiger partial charge in [-0.15, -0.1) is 0 Å². The molecule has 0 radical (unpaired) electrons. The van der Waals surface area contributed by atoms with Crippen molar-refractivity contribution in [2.75, 3.05) is 0 Å². The van der Waals surface area contributed by atoms with Crippen LogP contribution in [0.15, 0.2) is 0 Å². The molecule has 0 nitrogen and oxygen atoms in total. The summed E-state index contributed by atoms with van der Waals surface area (Å²) >= 11 is -1.74. The first kappa shape index (κ1) is 17.8. The summed E-state index contributed by atoms with van der Waals surface area (Å²) in [5, 5.41) is 0. The Morgan fingerprint density at radius 2 is 1.06 bits per heavy atom. The van der Waals surface area contributed by atoms with Crippen LogP contribution in [0.3, 0.4) is 0 Å². The molecule has 0 aromatic carbocycles. The summed E-state index contributed by atoms with van der Waals surface area (Å²) in [5.74, 6) is 0.955. The number of rotatable bonds is 11. The summed E-state index contributed by atoms with van der Waals surface area (Å²) in [6.07, 6.45) is 8.81. The first-order chi connectivity index (χ1) is 8.10. The van der Waals surface area contributed by atoms with Gasteiger partial charge in [-0.3, -0.25) is 0 Å². The molecule has 0 N–H and O–H groups in total. The molecule has 0 aromatic rings. The van der Waals surface area contributed by atoms with Crippen LogP contribution >= 0.6 is 0 Å². The Morgan fingerprint density at radius 3 is 1.29 bits per heavy atom. The zero-order chi connectivity index (χ0) is 13.1. The predicted octanol–water partition coefficient (Wildman–Crippen LogP) is 6.49. The van der Waals surface area contributed by atoms with Gasteiger partial charge in [0.05, 0.1) is 0 Å². The van der Waals surface area contributed by atoms with E-state index < -0.39 is 18.4 Å². The Balaban J connectivity index is 4.51. The van der Waals surface area contributed by atoms with E-state index in [9.17, 15) is 0 Å². The van der Waals surface area contributed by atoms with E-state index in [1.165, 1.54) is 38.5 Å². The van der Waals surface area contributed by atoms with Crippen molar-refractivity contribution >= 4 is 18.4 Å². The summed E-state index contributed by atoms with van der Waals surface area (Å²) in [7, 11) is 0. The van der Waals surface area contributed by atoms with Crippen molar-refractivity contribution in [3.8, 4) is 0 Å². The van der Waals surface area contributed by atoms with Crippen LogP contribution in [0.4, 0.5) is 0 Å². The van der Waals surface area contributed by atoms with Gasteiger partial charge in [0.25, 0.3) is 0 Å². The summed E-state index contributed by atoms with van der Waals surface area (Å²) < 4.78 is 6.71. The van der Waals surface area contributed by atoms with Crippen molar-refractivity contribution in [1.82, 2.24) is 0 Å². The minimum absolute atomic E-state index is 0.955. The molecule has 0 saturated heterocycles. The standard InChI is InChI=1S/4C4H9.Sn/c1-4(2)3;3*1-3-4-2;/h4H,1H2,2-3H3;3*1,3-4H2,2H3;. The number of hydrogen-bond acceptors (Lipinski definition) is 0. The average Bonchev–Trinajstić information content (AvgIpc) is 2.30. The third-order valence-electron chi connectivity index (χ3n) is 4.02. The van der Waals surface area contributed by atoms with Gasteiger partial charge >= 0.3 is 115 Å². The second-order valence-electron chi connectivity index (χ2n) is 6.41. The second kappa shape index (κ2) is 10.7. The molecule has 0 heterocycles. The van der Waals surface area contributed by atoms with Crippen LogP contribution in [0.5, 0.6) is 0 Å². The van der Waals surface area contributed by atoms with E-state index in [-0.39, 0.29) is 0 Å². The van der Waals surface area contributed by atoms with E-state index in [0.29, 0.717) is 0 Å². The van der Waals surface area contributed by atoms with Crippen molar-refractivity contribution in [3.05, 3.63) is 0 Å². The van der Waals surface area contributed by atoms with Gasteiger partial charge in [0.15, 0.2) is 0 Å². The molecule has 1 heteroatoms. The number of hydrogen-bond donors (Lipinski definition) is 0. The molecule has 0 unspecified atom stereocenters. The Labute approximate surface area is 115 Å². The Hall–Kier alpha value is 0.799. The van der Waals surface area contributed by atoms with Crippen LogP contribution in [-0.4, -0.2) is 18.4 Å². The van der Waals surface area contributed by atoms with Gasteiger partial charge < -0.3 is 0 Å². The van der Waals surface area contributed by atoms with Crippen molar-refractivity contribution < 1.29 is 0 Å².